The summed E-state index contributed by atoms with van der Waals surface area (Å²) in [5.74, 6) is -3.24. The quantitative estimate of drug-likeness (QED) is 0.0359. The van der Waals surface area contributed by atoms with Crippen molar-refractivity contribution < 1.29 is 19.2 Å². The van der Waals surface area contributed by atoms with E-state index in [1.807, 2.05) is 0 Å². The van der Waals surface area contributed by atoms with E-state index in [0.717, 1.165) is 103 Å². The Labute approximate surface area is 559 Å². The molecular formula is C82H152N4O4. The van der Waals surface area contributed by atoms with Crippen LogP contribution in [-0.2, 0) is 19.2 Å². The molecule has 0 spiro atoms. The maximum absolute atomic E-state index is 14.4. The summed E-state index contributed by atoms with van der Waals surface area (Å²) < 4.78 is 0. The second kappa shape index (κ2) is 68.7. The van der Waals surface area contributed by atoms with Gasteiger partial charge in [-0.3, -0.25) is 19.2 Å². The SMILES string of the molecule is CCCCCCCC/C=C\CCCCCCCCNC(=O)C1CC(C(=O)NCCCCCCCC/C=C\CCCCCCCC)C(C(=O)NCCCCCCCC/C=C\CCCCCCCC)CC1C(=O)NCCCCCCCC/C=C\CCCCCCCC. The van der Waals surface area contributed by atoms with Crippen molar-refractivity contribution in [2.75, 3.05) is 26.2 Å². The number of hydrogen-bond acceptors (Lipinski definition) is 4. The standard InChI is InChI=1S/C82H152N4O4/c1-5-9-13-17-21-25-29-33-37-41-45-49-53-57-61-65-69-83-79(87)75-73-77(81(89)85-71-67-63-59-55-51-47-43-39-35-31-27-23-19-15-11-7-3)78(82(90)86-72-68-64-60-56-52-48-44-40-36-32-28-24-20-16-12-8-4)74-76(75)80(88)84-70-66-62-58-54-50-46-42-38-34-30-26-22-18-14-10-6-2/h33-40,75-78H,5-32,41-74H2,1-4H3,(H,83,87)(H,84,88)(H,85,89)(H,86,90)/b37-33-,38-34-,39-35-,40-36-. The number of amides is 4. The fraction of sp³-hybridized carbons (Fsp3) is 0.854. The second-order valence-corrected chi connectivity index (χ2v) is 27.8. The molecule has 524 valence electrons. The zero-order valence-corrected chi connectivity index (χ0v) is 60.4. The Morgan fingerprint density at radius 2 is 0.344 bits per heavy atom. The number of carbonyl (C=O) groups is 4. The third-order valence-corrected chi connectivity index (χ3v) is 19.3. The van der Waals surface area contributed by atoms with Gasteiger partial charge < -0.3 is 21.3 Å². The summed E-state index contributed by atoms with van der Waals surface area (Å²) in [5.41, 5.74) is 0. The van der Waals surface area contributed by atoms with Gasteiger partial charge in [-0.1, -0.05) is 307 Å². The van der Waals surface area contributed by atoms with Crippen LogP contribution in [0.25, 0.3) is 0 Å². The van der Waals surface area contributed by atoms with Gasteiger partial charge in [-0.2, -0.15) is 0 Å². The van der Waals surface area contributed by atoms with Crippen LogP contribution in [0.4, 0.5) is 0 Å². The molecule has 0 heterocycles. The van der Waals surface area contributed by atoms with Crippen LogP contribution in [-0.4, -0.2) is 49.8 Å². The minimum Gasteiger partial charge on any atom is -0.356 e. The van der Waals surface area contributed by atoms with Gasteiger partial charge in [-0.25, -0.2) is 0 Å². The Bertz CT molecular complexity index is 1460. The third-order valence-electron chi connectivity index (χ3n) is 19.3. The van der Waals surface area contributed by atoms with Crippen molar-refractivity contribution in [3.05, 3.63) is 48.6 Å². The Morgan fingerprint density at radius 1 is 0.211 bits per heavy atom. The fourth-order valence-corrected chi connectivity index (χ4v) is 13.2. The molecule has 0 aromatic heterocycles. The van der Waals surface area contributed by atoms with Crippen LogP contribution in [0.2, 0.25) is 0 Å². The average molecular weight is 1260 g/mol. The van der Waals surface area contributed by atoms with Gasteiger partial charge in [-0.15, -0.1) is 0 Å². The topological polar surface area (TPSA) is 116 Å². The van der Waals surface area contributed by atoms with Crippen LogP contribution < -0.4 is 21.3 Å². The first-order valence-electron chi connectivity index (χ1n) is 40.1. The molecular weight excluding hydrogens is 1100 g/mol. The van der Waals surface area contributed by atoms with E-state index in [4.69, 9.17) is 0 Å². The Hall–Kier alpha value is -3.16. The summed E-state index contributed by atoms with van der Waals surface area (Å²) in [7, 11) is 0. The monoisotopic (exact) mass is 1260 g/mol. The van der Waals surface area contributed by atoms with Crippen LogP contribution in [0.5, 0.6) is 0 Å². The van der Waals surface area contributed by atoms with E-state index in [2.05, 4.69) is 97.6 Å². The van der Waals surface area contributed by atoms with E-state index in [1.165, 1.54) is 257 Å². The van der Waals surface area contributed by atoms with Crippen LogP contribution in [0.15, 0.2) is 48.6 Å². The Balaban J connectivity index is 2.90. The van der Waals surface area contributed by atoms with Gasteiger partial charge in [0.25, 0.3) is 0 Å². The number of allylic oxidation sites excluding steroid dienone is 8. The number of rotatable bonds is 68. The lowest BCUT2D eigenvalue weighted by Gasteiger charge is -2.38. The Kier molecular flexibility index (Phi) is 64.8. The van der Waals surface area contributed by atoms with Gasteiger partial charge in [0.1, 0.15) is 0 Å². The van der Waals surface area contributed by atoms with E-state index < -0.39 is 23.7 Å². The van der Waals surface area contributed by atoms with Crippen molar-refractivity contribution >= 4 is 23.6 Å². The summed E-state index contributed by atoms with van der Waals surface area (Å²) in [5, 5.41) is 12.9. The van der Waals surface area contributed by atoms with Gasteiger partial charge in [-0.05, 0) is 141 Å². The zero-order valence-electron chi connectivity index (χ0n) is 60.4. The number of hydrogen-bond donors (Lipinski definition) is 4. The molecule has 0 radical (unpaired) electrons. The highest BCUT2D eigenvalue weighted by Gasteiger charge is 2.48. The second-order valence-electron chi connectivity index (χ2n) is 27.8. The molecule has 4 amide bonds. The van der Waals surface area contributed by atoms with E-state index in [-0.39, 0.29) is 36.5 Å². The van der Waals surface area contributed by atoms with E-state index >= 15 is 0 Å². The molecule has 1 aliphatic carbocycles. The van der Waals surface area contributed by atoms with Gasteiger partial charge in [0, 0.05) is 26.2 Å². The molecule has 4 N–H and O–H groups in total. The molecule has 0 aromatic rings. The first-order chi connectivity index (χ1) is 44.4. The van der Waals surface area contributed by atoms with Gasteiger partial charge in [0.2, 0.25) is 23.6 Å². The Morgan fingerprint density at radius 3 is 0.500 bits per heavy atom. The molecule has 1 rings (SSSR count). The first-order valence-corrected chi connectivity index (χ1v) is 40.1. The highest BCUT2D eigenvalue weighted by molar-refractivity contribution is 5.93. The summed E-state index contributed by atoms with van der Waals surface area (Å²) in [6.45, 7) is 11.4. The molecule has 1 fully saturated rings. The van der Waals surface area contributed by atoms with E-state index in [0.29, 0.717) is 26.2 Å². The van der Waals surface area contributed by atoms with E-state index in [9.17, 15) is 19.2 Å². The third kappa shape index (κ3) is 54.3. The summed E-state index contributed by atoms with van der Waals surface area (Å²) in [6.07, 6.45) is 88.4. The van der Waals surface area contributed by atoms with Crippen molar-refractivity contribution in [3.8, 4) is 0 Å². The zero-order chi connectivity index (χ0) is 64.9. The molecule has 0 aromatic carbocycles. The van der Waals surface area contributed by atoms with Crippen molar-refractivity contribution in [3.63, 3.8) is 0 Å². The molecule has 8 heteroatoms. The predicted octanol–water partition coefficient (Wildman–Crippen LogP) is 23.9. The number of nitrogens with one attached hydrogen (secondary N) is 4. The van der Waals surface area contributed by atoms with E-state index in [1.54, 1.807) is 0 Å². The average Bonchev–Trinajstić information content (AvgIpc) is 2.34. The van der Waals surface area contributed by atoms with Gasteiger partial charge in [0.15, 0.2) is 0 Å². The van der Waals surface area contributed by atoms with Gasteiger partial charge >= 0.3 is 0 Å². The molecule has 4 unspecified atom stereocenters. The first kappa shape index (κ1) is 84.9. The van der Waals surface area contributed by atoms with Crippen LogP contribution in [0.3, 0.4) is 0 Å². The molecule has 0 aliphatic heterocycles. The van der Waals surface area contributed by atoms with Crippen LogP contribution in [0.1, 0.15) is 400 Å². The molecule has 90 heavy (non-hydrogen) atoms. The summed E-state index contributed by atoms with van der Waals surface area (Å²) in [6, 6.07) is 0. The fourth-order valence-electron chi connectivity index (χ4n) is 13.2. The van der Waals surface area contributed by atoms with Crippen molar-refractivity contribution in [1.82, 2.24) is 21.3 Å². The minimum atomic E-state index is -0.667. The molecule has 0 saturated heterocycles. The largest absolute Gasteiger partial charge is 0.356 e. The number of carbonyl (C=O) groups excluding carboxylic acids is 4. The normalized spacial score (nSPS) is 16.1. The smallest absolute Gasteiger partial charge is 0.223 e. The summed E-state index contributed by atoms with van der Waals surface area (Å²) in [4.78, 5) is 57.5. The minimum absolute atomic E-state index is 0.144. The molecule has 8 nitrogen and oxygen atoms in total. The maximum atomic E-state index is 14.4. The lowest BCUT2D eigenvalue weighted by Crippen LogP contribution is -2.53. The van der Waals surface area contributed by atoms with Crippen molar-refractivity contribution in [2.45, 2.75) is 400 Å². The van der Waals surface area contributed by atoms with Gasteiger partial charge in [0.05, 0.1) is 23.7 Å². The molecule has 4 atom stereocenters. The van der Waals surface area contributed by atoms with Crippen molar-refractivity contribution in [1.29, 1.82) is 0 Å². The lowest BCUT2D eigenvalue weighted by atomic mass is 9.66. The predicted molar refractivity (Wildman–Crippen MR) is 393 cm³/mol. The van der Waals surface area contributed by atoms with Crippen LogP contribution >= 0.6 is 0 Å². The van der Waals surface area contributed by atoms with Crippen molar-refractivity contribution in [2.24, 2.45) is 23.7 Å². The number of unbranched alkanes of at least 4 members (excludes halogenated alkanes) is 48. The highest BCUT2D eigenvalue weighted by Crippen LogP contribution is 2.39. The molecule has 1 aliphatic rings. The lowest BCUT2D eigenvalue weighted by molar-refractivity contribution is -0.147. The summed E-state index contributed by atoms with van der Waals surface area (Å²) >= 11 is 0. The maximum Gasteiger partial charge on any atom is 0.223 e. The molecule has 0 bridgehead atoms. The highest BCUT2D eigenvalue weighted by atomic mass is 16.2. The molecule has 1 saturated carbocycles. The van der Waals surface area contributed by atoms with Crippen LogP contribution in [0, 0.1) is 23.7 Å².